The molecule has 0 amide bonds. The summed E-state index contributed by atoms with van der Waals surface area (Å²) >= 11 is 0. The molecular weight excluding hydrogens is 380 g/mol. The first kappa shape index (κ1) is 22.5. The summed E-state index contributed by atoms with van der Waals surface area (Å²) in [6.45, 7) is 7.07. The molecule has 0 spiro atoms. The van der Waals surface area contributed by atoms with E-state index in [4.69, 9.17) is 9.84 Å². The van der Waals surface area contributed by atoms with Gasteiger partial charge in [-0.15, -0.1) is 0 Å². The molecule has 4 aliphatic carbocycles. The van der Waals surface area contributed by atoms with Crippen molar-refractivity contribution in [2.45, 2.75) is 96.9 Å². The number of carboxylic acid groups (broad SMARTS) is 1. The van der Waals surface area contributed by atoms with E-state index < -0.39 is 12.1 Å². The molecule has 0 radical (unpaired) electrons. The van der Waals surface area contributed by atoms with Gasteiger partial charge in [-0.3, -0.25) is 4.79 Å². The Balaban J connectivity index is 1.61. The van der Waals surface area contributed by atoms with Crippen molar-refractivity contribution in [3.05, 3.63) is 0 Å². The van der Waals surface area contributed by atoms with Gasteiger partial charge in [-0.2, -0.15) is 0 Å². The average molecular weight is 423 g/mol. The Morgan fingerprint density at radius 2 is 1.70 bits per heavy atom. The van der Waals surface area contributed by atoms with Crippen LogP contribution in [0.25, 0.3) is 0 Å². The van der Waals surface area contributed by atoms with Crippen LogP contribution in [-0.2, 0) is 9.53 Å². The van der Waals surface area contributed by atoms with Crippen LogP contribution in [-0.4, -0.2) is 46.7 Å². The van der Waals surface area contributed by atoms with Crippen molar-refractivity contribution in [1.29, 1.82) is 0 Å². The van der Waals surface area contributed by atoms with Crippen molar-refractivity contribution in [3.63, 3.8) is 0 Å². The molecule has 0 aromatic rings. The molecule has 3 unspecified atom stereocenters. The molecule has 3 N–H and O–H groups in total. The standard InChI is InChI=1S/C25H42O5/c1-14(5-8-20(27)28)16-6-7-17-21-18(10-12-24(16,17)2)25(3)11-9-15(26)13-19(25)23(30-4)22(21)29/h14-19,21-23,26,29H,5-13H2,1-4H3,(H,27,28)/t14-,15-,16-,17?,18?,19+,21?,22+,23-,24-,25-/m1/s1. The molecule has 5 nitrogen and oxygen atoms in total. The zero-order valence-electron chi connectivity index (χ0n) is 19.2. The molecule has 30 heavy (non-hydrogen) atoms. The number of ether oxygens (including phenoxy) is 1. The largest absolute Gasteiger partial charge is 0.481 e. The normalized spacial score (nSPS) is 51.5. The number of aliphatic hydroxyl groups excluding tert-OH is 2. The second-order valence-corrected chi connectivity index (χ2v) is 11.7. The van der Waals surface area contributed by atoms with E-state index in [0.29, 0.717) is 23.7 Å². The molecule has 0 aromatic carbocycles. The molecule has 11 atom stereocenters. The van der Waals surface area contributed by atoms with Crippen molar-refractivity contribution in [3.8, 4) is 0 Å². The van der Waals surface area contributed by atoms with E-state index in [-0.39, 0.29) is 41.3 Å². The molecule has 0 aliphatic heterocycles. The predicted molar refractivity (Wildman–Crippen MR) is 115 cm³/mol. The fourth-order valence-electron chi connectivity index (χ4n) is 9.04. The van der Waals surface area contributed by atoms with Crippen LogP contribution in [0.3, 0.4) is 0 Å². The minimum atomic E-state index is -0.700. The summed E-state index contributed by atoms with van der Waals surface area (Å²) in [5, 5.41) is 31.1. The molecular formula is C25H42O5. The molecule has 172 valence electrons. The first-order valence-electron chi connectivity index (χ1n) is 12.2. The molecule has 5 heteroatoms. The summed E-state index contributed by atoms with van der Waals surface area (Å²) in [7, 11) is 1.73. The zero-order chi connectivity index (χ0) is 21.8. The molecule has 0 bridgehead atoms. The number of methoxy groups -OCH3 is 1. The van der Waals surface area contributed by atoms with Gasteiger partial charge < -0.3 is 20.1 Å². The lowest BCUT2D eigenvalue weighted by Gasteiger charge is -2.64. The molecule has 0 aromatic heterocycles. The lowest BCUT2D eigenvalue weighted by Crippen LogP contribution is -2.64. The van der Waals surface area contributed by atoms with Crippen LogP contribution < -0.4 is 0 Å². The van der Waals surface area contributed by atoms with Crippen LogP contribution in [0.15, 0.2) is 0 Å². The fourth-order valence-corrected chi connectivity index (χ4v) is 9.04. The second kappa shape index (κ2) is 8.04. The van der Waals surface area contributed by atoms with E-state index in [1.807, 2.05) is 0 Å². The van der Waals surface area contributed by atoms with Gasteiger partial charge in [-0.25, -0.2) is 0 Å². The highest BCUT2D eigenvalue weighted by atomic mass is 16.5. The number of hydrogen-bond acceptors (Lipinski definition) is 4. The van der Waals surface area contributed by atoms with Gasteiger partial charge in [0, 0.05) is 13.5 Å². The maximum Gasteiger partial charge on any atom is 0.303 e. The lowest BCUT2D eigenvalue weighted by molar-refractivity contribution is -0.230. The monoisotopic (exact) mass is 422 g/mol. The van der Waals surface area contributed by atoms with Crippen LogP contribution >= 0.6 is 0 Å². The van der Waals surface area contributed by atoms with E-state index >= 15 is 0 Å². The predicted octanol–water partition coefficient (Wildman–Crippen LogP) is 4.10. The van der Waals surface area contributed by atoms with Gasteiger partial charge >= 0.3 is 5.97 Å². The van der Waals surface area contributed by atoms with E-state index in [1.54, 1.807) is 7.11 Å². The summed E-state index contributed by atoms with van der Waals surface area (Å²) in [6.07, 6.45) is 7.28. The number of aliphatic hydroxyl groups is 2. The maximum absolute atomic E-state index is 11.6. The van der Waals surface area contributed by atoms with Crippen molar-refractivity contribution >= 4 is 5.97 Å². The summed E-state index contributed by atoms with van der Waals surface area (Å²) in [5.74, 6) is 1.68. The first-order valence-corrected chi connectivity index (χ1v) is 12.2. The summed E-state index contributed by atoms with van der Waals surface area (Å²) in [6, 6.07) is 0. The molecule has 0 heterocycles. The van der Waals surface area contributed by atoms with Crippen LogP contribution in [0.5, 0.6) is 0 Å². The van der Waals surface area contributed by atoms with Crippen LogP contribution in [0.4, 0.5) is 0 Å². The summed E-state index contributed by atoms with van der Waals surface area (Å²) in [5.41, 5.74) is 0.299. The van der Waals surface area contributed by atoms with Crippen molar-refractivity contribution in [2.75, 3.05) is 7.11 Å². The molecule has 4 fully saturated rings. The Hall–Kier alpha value is -0.650. The van der Waals surface area contributed by atoms with E-state index in [0.717, 1.165) is 44.9 Å². The van der Waals surface area contributed by atoms with Crippen molar-refractivity contribution < 1.29 is 24.9 Å². The zero-order valence-corrected chi connectivity index (χ0v) is 19.2. The Morgan fingerprint density at radius 1 is 1.03 bits per heavy atom. The first-order chi connectivity index (χ1) is 14.1. The number of carboxylic acids is 1. The Bertz CT molecular complexity index is 651. The van der Waals surface area contributed by atoms with Gasteiger partial charge in [-0.05, 0) is 97.7 Å². The summed E-state index contributed by atoms with van der Waals surface area (Å²) < 4.78 is 5.93. The Kier molecular flexibility index (Phi) is 6.04. The number of rotatable bonds is 5. The Labute approximate surface area is 181 Å². The van der Waals surface area contributed by atoms with Gasteiger partial charge in [-0.1, -0.05) is 20.8 Å². The van der Waals surface area contributed by atoms with Gasteiger partial charge in [0.2, 0.25) is 0 Å². The van der Waals surface area contributed by atoms with Gasteiger partial charge in [0.15, 0.2) is 0 Å². The highest BCUT2D eigenvalue weighted by Crippen LogP contribution is 2.68. The van der Waals surface area contributed by atoms with Crippen molar-refractivity contribution in [2.24, 2.45) is 46.3 Å². The molecule has 4 rings (SSSR count). The second-order valence-electron chi connectivity index (χ2n) is 11.7. The minimum absolute atomic E-state index is 0.123. The number of carbonyl (C=O) groups is 1. The quantitative estimate of drug-likeness (QED) is 0.621. The van der Waals surface area contributed by atoms with Gasteiger partial charge in [0.05, 0.1) is 18.3 Å². The SMILES string of the molecule is CO[C@H]1[C@@H](O)C2C3CC[C@H]([C@H](C)CCC(=O)O)[C@@]3(C)CCC2[C@@]2(C)CC[C@@H](O)C[C@@H]12. The molecule has 0 saturated heterocycles. The van der Waals surface area contributed by atoms with Crippen LogP contribution in [0.2, 0.25) is 0 Å². The lowest BCUT2D eigenvalue weighted by atomic mass is 9.43. The molecule has 4 saturated carbocycles. The Morgan fingerprint density at radius 3 is 2.37 bits per heavy atom. The summed E-state index contributed by atoms with van der Waals surface area (Å²) in [4.78, 5) is 11.1. The minimum Gasteiger partial charge on any atom is -0.481 e. The highest BCUT2D eigenvalue weighted by Gasteiger charge is 2.65. The third-order valence-electron chi connectivity index (χ3n) is 10.5. The fraction of sp³-hybridized carbons (Fsp3) is 0.960. The number of hydrogen-bond donors (Lipinski definition) is 3. The molecule has 4 aliphatic rings. The number of fused-ring (bicyclic) bond motifs is 5. The van der Waals surface area contributed by atoms with E-state index in [2.05, 4.69) is 20.8 Å². The van der Waals surface area contributed by atoms with E-state index in [9.17, 15) is 15.0 Å². The van der Waals surface area contributed by atoms with Gasteiger partial charge in [0.25, 0.3) is 0 Å². The van der Waals surface area contributed by atoms with Crippen molar-refractivity contribution in [1.82, 2.24) is 0 Å². The topological polar surface area (TPSA) is 87.0 Å². The third-order valence-corrected chi connectivity index (χ3v) is 10.5. The van der Waals surface area contributed by atoms with Crippen LogP contribution in [0, 0.1) is 46.3 Å². The number of aliphatic carboxylic acids is 1. The highest BCUT2D eigenvalue weighted by molar-refractivity contribution is 5.66. The third kappa shape index (κ3) is 3.34. The van der Waals surface area contributed by atoms with E-state index in [1.165, 1.54) is 6.42 Å². The smallest absolute Gasteiger partial charge is 0.303 e. The van der Waals surface area contributed by atoms with Crippen LogP contribution in [0.1, 0.15) is 78.6 Å². The van der Waals surface area contributed by atoms with Gasteiger partial charge in [0.1, 0.15) is 0 Å². The average Bonchev–Trinajstić information content (AvgIpc) is 3.05. The maximum atomic E-state index is 11.6.